The van der Waals surface area contributed by atoms with Gasteiger partial charge in [0.15, 0.2) is 4.96 Å². The summed E-state index contributed by atoms with van der Waals surface area (Å²) in [6.45, 7) is 5.24. The van der Waals surface area contributed by atoms with E-state index in [0.717, 1.165) is 28.5 Å². The Morgan fingerprint density at radius 3 is 2.75 bits per heavy atom. The molecule has 0 fully saturated rings. The predicted molar refractivity (Wildman–Crippen MR) is 111 cm³/mol. The second-order valence-corrected chi connectivity index (χ2v) is 7.86. The number of rotatable bonds is 6. The lowest BCUT2D eigenvalue weighted by molar-refractivity contribution is -0.116. The molecule has 4 aromatic rings. The average molecular weight is 392 g/mol. The molecule has 0 saturated heterocycles. The van der Waals surface area contributed by atoms with Gasteiger partial charge < -0.3 is 5.32 Å². The van der Waals surface area contributed by atoms with Crippen molar-refractivity contribution in [2.45, 2.75) is 26.9 Å². The maximum absolute atomic E-state index is 12.2. The lowest BCUT2D eigenvalue weighted by Crippen LogP contribution is -2.20. The van der Waals surface area contributed by atoms with E-state index in [9.17, 15) is 4.79 Å². The van der Waals surface area contributed by atoms with Gasteiger partial charge >= 0.3 is 0 Å². The Balaban J connectivity index is 1.35. The van der Waals surface area contributed by atoms with Gasteiger partial charge in [0, 0.05) is 36.1 Å². The summed E-state index contributed by atoms with van der Waals surface area (Å²) in [5, 5.41) is 7.14. The summed E-state index contributed by atoms with van der Waals surface area (Å²) in [6.07, 6.45) is 9.14. The van der Waals surface area contributed by atoms with Gasteiger partial charge in [-0.15, -0.1) is 11.3 Å². The summed E-state index contributed by atoms with van der Waals surface area (Å²) in [6, 6.07) is 10.1. The number of fused-ring (bicyclic) bond motifs is 1. The van der Waals surface area contributed by atoms with Gasteiger partial charge in [0.25, 0.3) is 0 Å². The average Bonchev–Trinajstić information content (AvgIpc) is 3.37. The molecule has 6 nitrogen and oxygen atoms in total. The van der Waals surface area contributed by atoms with Crippen molar-refractivity contribution >= 4 is 28.3 Å². The van der Waals surface area contributed by atoms with Crippen molar-refractivity contribution in [3.8, 4) is 0 Å². The number of imidazole rings is 1. The van der Waals surface area contributed by atoms with E-state index in [0.29, 0.717) is 6.54 Å². The fourth-order valence-corrected chi connectivity index (χ4v) is 3.91. The second-order valence-electron chi connectivity index (χ2n) is 6.65. The molecule has 4 rings (SSSR count). The molecule has 3 aromatic heterocycles. The van der Waals surface area contributed by atoms with Crippen molar-refractivity contribution in [2.24, 2.45) is 0 Å². The molecular weight excluding hydrogens is 370 g/mol. The van der Waals surface area contributed by atoms with Crippen LogP contribution in [0, 0.1) is 13.8 Å². The van der Waals surface area contributed by atoms with E-state index in [2.05, 4.69) is 34.5 Å². The van der Waals surface area contributed by atoms with E-state index in [1.54, 1.807) is 23.6 Å². The van der Waals surface area contributed by atoms with E-state index in [-0.39, 0.29) is 5.91 Å². The third kappa shape index (κ3) is 4.04. The topological polar surface area (TPSA) is 64.2 Å². The quantitative estimate of drug-likeness (QED) is 0.511. The van der Waals surface area contributed by atoms with Gasteiger partial charge in [0.1, 0.15) is 0 Å². The number of hydrogen-bond acceptors (Lipinski definition) is 4. The fraction of sp³-hybridized carbons (Fsp3) is 0.190. The number of nitrogens with one attached hydrogen (secondary N) is 1. The molecule has 0 radical (unpaired) electrons. The minimum atomic E-state index is -0.123. The van der Waals surface area contributed by atoms with Crippen molar-refractivity contribution in [3.63, 3.8) is 0 Å². The number of aromatic nitrogens is 4. The minimum absolute atomic E-state index is 0.123. The summed E-state index contributed by atoms with van der Waals surface area (Å²) < 4.78 is 3.91. The molecule has 0 aliphatic carbocycles. The van der Waals surface area contributed by atoms with Crippen LogP contribution >= 0.6 is 11.3 Å². The van der Waals surface area contributed by atoms with Gasteiger partial charge in [-0.05, 0) is 37.1 Å². The smallest absolute Gasteiger partial charge is 0.244 e. The third-order valence-electron chi connectivity index (χ3n) is 4.45. The Labute approximate surface area is 167 Å². The highest BCUT2D eigenvalue weighted by molar-refractivity contribution is 7.17. The lowest BCUT2D eigenvalue weighted by Gasteiger charge is -2.05. The van der Waals surface area contributed by atoms with Crippen LogP contribution in [0.2, 0.25) is 0 Å². The Kier molecular flexibility index (Phi) is 5.08. The highest BCUT2D eigenvalue weighted by Crippen LogP contribution is 2.21. The Morgan fingerprint density at radius 1 is 1.21 bits per heavy atom. The molecular formula is C21H21N5OS. The summed E-state index contributed by atoms with van der Waals surface area (Å²) >= 11 is 1.64. The summed E-state index contributed by atoms with van der Waals surface area (Å²) in [5.74, 6) is -0.123. The molecule has 142 valence electrons. The number of carbonyl (C=O) groups is 1. The molecule has 7 heteroatoms. The van der Waals surface area contributed by atoms with Crippen LogP contribution in [0.4, 0.5) is 0 Å². The molecule has 0 atom stereocenters. The zero-order valence-corrected chi connectivity index (χ0v) is 16.6. The first kappa shape index (κ1) is 18.2. The number of carbonyl (C=O) groups excluding carboxylic acids is 1. The van der Waals surface area contributed by atoms with Crippen LogP contribution in [0.15, 0.2) is 55.0 Å². The number of thiazole rings is 1. The van der Waals surface area contributed by atoms with Crippen molar-refractivity contribution in [2.75, 3.05) is 0 Å². The molecule has 0 aliphatic heterocycles. The van der Waals surface area contributed by atoms with E-state index >= 15 is 0 Å². The first-order chi connectivity index (χ1) is 13.6. The van der Waals surface area contributed by atoms with Gasteiger partial charge in [-0.3, -0.25) is 13.9 Å². The summed E-state index contributed by atoms with van der Waals surface area (Å²) in [4.78, 5) is 18.9. The highest BCUT2D eigenvalue weighted by Gasteiger charge is 2.09. The molecule has 3 heterocycles. The van der Waals surface area contributed by atoms with Gasteiger partial charge in [-0.2, -0.15) is 5.10 Å². The molecule has 0 unspecified atom stereocenters. The van der Waals surface area contributed by atoms with Gasteiger partial charge in [-0.25, -0.2) is 4.98 Å². The number of benzene rings is 1. The van der Waals surface area contributed by atoms with Crippen LogP contribution in [0.25, 0.3) is 11.0 Å². The van der Waals surface area contributed by atoms with E-state index in [1.165, 1.54) is 10.4 Å². The molecule has 1 N–H and O–H groups in total. The molecule has 1 aromatic carbocycles. The number of nitrogens with zero attached hydrogens (tertiary/aromatic N) is 4. The second kappa shape index (κ2) is 7.82. The van der Waals surface area contributed by atoms with Crippen molar-refractivity contribution in [1.82, 2.24) is 24.5 Å². The normalized spacial score (nSPS) is 11.5. The molecule has 0 aliphatic rings. The van der Waals surface area contributed by atoms with Crippen LogP contribution in [-0.4, -0.2) is 25.1 Å². The summed E-state index contributed by atoms with van der Waals surface area (Å²) in [5.41, 5.74) is 4.09. The van der Waals surface area contributed by atoms with Crippen molar-refractivity contribution in [3.05, 3.63) is 82.4 Å². The minimum Gasteiger partial charge on any atom is -0.348 e. The fourth-order valence-electron chi connectivity index (χ4n) is 3.03. The number of aryl methyl sites for hydroxylation is 2. The Morgan fingerprint density at radius 2 is 2.00 bits per heavy atom. The molecule has 1 amide bonds. The molecule has 0 bridgehead atoms. The Hall–Kier alpha value is -3.19. The monoisotopic (exact) mass is 391 g/mol. The van der Waals surface area contributed by atoms with Gasteiger partial charge in [0.2, 0.25) is 5.91 Å². The van der Waals surface area contributed by atoms with Gasteiger partial charge in [-0.1, -0.05) is 24.3 Å². The van der Waals surface area contributed by atoms with E-state index < -0.39 is 0 Å². The summed E-state index contributed by atoms with van der Waals surface area (Å²) in [7, 11) is 0. The van der Waals surface area contributed by atoms with Crippen LogP contribution in [-0.2, 0) is 17.9 Å². The van der Waals surface area contributed by atoms with E-state index in [1.807, 2.05) is 52.7 Å². The number of hydrogen-bond donors (Lipinski definition) is 1. The zero-order chi connectivity index (χ0) is 19.5. The van der Waals surface area contributed by atoms with Crippen LogP contribution in [0.5, 0.6) is 0 Å². The molecule has 28 heavy (non-hydrogen) atoms. The third-order valence-corrected chi connectivity index (χ3v) is 5.35. The van der Waals surface area contributed by atoms with Crippen molar-refractivity contribution < 1.29 is 4.79 Å². The maximum Gasteiger partial charge on any atom is 0.244 e. The number of amides is 1. The van der Waals surface area contributed by atoms with Gasteiger partial charge in [0.05, 0.1) is 17.9 Å². The standard InChI is InChI=1S/C21H21N5OS/c1-15-13-26-19(16(2)24-21(26)28-15)8-9-20(27)22-12-17-4-6-18(7-5-17)14-25-11-3-10-23-25/h3-11,13H,12,14H2,1-2H3,(H,22,27). The van der Waals surface area contributed by atoms with Crippen LogP contribution < -0.4 is 5.32 Å². The predicted octanol–water partition coefficient (Wildman–Crippen LogP) is 3.59. The molecule has 0 spiro atoms. The largest absolute Gasteiger partial charge is 0.348 e. The zero-order valence-electron chi connectivity index (χ0n) is 15.8. The molecule has 0 saturated carbocycles. The first-order valence-electron chi connectivity index (χ1n) is 9.05. The highest BCUT2D eigenvalue weighted by atomic mass is 32.1. The van der Waals surface area contributed by atoms with Crippen LogP contribution in [0.1, 0.15) is 27.4 Å². The first-order valence-corrected chi connectivity index (χ1v) is 9.86. The van der Waals surface area contributed by atoms with Crippen molar-refractivity contribution in [1.29, 1.82) is 0 Å². The van der Waals surface area contributed by atoms with Crippen LogP contribution in [0.3, 0.4) is 0 Å². The SMILES string of the molecule is Cc1cn2c(C=CC(=O)NCc3ccc(Cn4cccn4)cc3)c(C)nc2s1. The Bertz CT molecular complexity index is 1120. The maximum atomic E-state index is 12.2. The van der Waals surface area contributed by atoms with E-state index in [4.69, 9.17) is 0 Å². The lowest BCUT2D eigenvalue weighted by atomic mass is 10.1.